The molecule has 11 nitrogen and oxygen atoms in total. The van der Waals surface area contributed by atoms with E-state index in [-0.39, 0.29) is 11.8 Å². The van der Waals surface area contributed by atoms with Crippen LogP contribution in [-0.4, -0.2) is 70.4 Å². The van der Waals surface area contributed by atoms with Crippen LogP contribution in [0.3, 0.4) is 0 Å². The summed E-state index contributed by atoms with van der Waals surface area (Å²) in [5.41, 5.74) is 4.60. The zero-order valence-electron chi connectivity index (χ0n) is 16.0. The van der Waals surface area contributed by atoms with Crippen molar-refractivity contribution in [2.75, 3.05) is 25.2 Å². The van der Waals surface area contributed by atoms with Crippen LogP contribution in [0, 0.1) is 0 Å². The number of hydrogen-bond acceptors (Lipinski definition) is 7. The molecule has 1 aromatic rings. The summed E-state index contributed by atoms with van der Waals surface area (Å²) in [7, 11) is 1.48. The normalized spacial score (nSPS) is 13.1. The van der Waals surface area contributed by atoms with Crippen molar-refractivity contribution in [1.82, 2.24) is 25.9 Å². The lowest BCUT2D eigenvalue weighted by atomic mass is 10.1. The third-order valence-electron chi connectivity index (χ3n) is 3.31. The van der Waals surface area contributed by atoms with Gasteiger partial charge in [0, 0.05) is 13.6 Å². The molecule has 12 heteroatoms. The van der Waals surface area contributed by atoms with Crippen LogP contribution in [0.25, 0.3) is 0 Å². The second-order valence-corrected chi connectivity index (χ2v) is 6.81. The molecule has 0 aliphatic heterocycles. The van der Waals surface area contributed by atoms with Gasteiger partial charge < -0.3 is 15.8 Å². The van der Waals surface area contributed by atoms with Crippen molar-refractivity contribution in [1.29, 1.82) is 0 Å². The van der Waals surface area contributed by atoms with E-state index in [1.54, 1.807) is 20.8 Å². The fourth-order valence-corrected chi connectivity index (χ4v) is 2.06. The van der Waals surface area contributed by atoms with Crippen molar-refractivity contribution in [2.45, 2.75) is 51.7 Å². The summed E-state index contributed by atoms with van der Waals surface area (Å²) in [6.45, 7) is 4.72. The fourth-order valence-electron chi connectivity index (χ4n) is 2.06. The number of amidine groups is 1. The number of carbonyl (C=O) groups excluding carboxylic acids is 2. The molecule has 0 aliphatic rings. The Morgan fingerprint density at radius 3 is 2.67 bits per heavy atom. The van der Waals surface area contributed by atoms with Crippen LogP contribution in [0.5, 0.6) is 0 Å². The van der Waals surface area contributed by atoms with Crippen molar-refractivity contribution in [3.05, 3.63) is 0 Å². The molecule has 1 unspecified atom stereocenters. The molecule has 4 N–H and O–H groups in total. The summed E-state index contributed by atoms with van der Waals surface area (Å²) in [5, 5.41) is 15.7. The molecule has 1 atom stereocenters. The Morgan fingerprint density at radius 1 is 1.41 bits per heavy atom. The zero-order valence-corrected chi connectivity index (χ0v) is 16.0. The van der Waals surface area contributed by atoms with Crippen LogP contribution in [0.4, 0.5) is 15.1 Å². The Labute approximate surface area is 156 Å². The van der Waals surface area contributed by atoms with Gasteiger partial charge in [0.2, 0.25) is 0 Å². The molecule has 0 fully saturated rings. The summed E-state index contributed by atoms with van der Waals surface area (Å²) < 4.78 is 17.5. The lowest BCUT2D eigenvalue weighted by molar-refractivity contribution is -0.120. The maximum atomic E-state index is 12.7. The molecule has 0 spiro atoms. The zero-order chi connectivity index (χ0) is 20.4. The fraction of sp³-hybridized carbons (Fsp3) is 0.733. The predicted octanol–water partition coefficient (Wildman–Crippen LogP) is 0.553. The van der Waals surface area contributed by atoms with E-state index in [1.807, 2.05) is 0 Å². The summed E-state index contributed by atoms with van der Waals surface area (Å²) in [6.07, 6.45) is 0.745. The Bertz CT molecular complexity index is 630. The van der Waals surface area contributed by atoms with E-state index < -0.39 is 30.3 Å². The van der Waals surface area contributed by atoms with Crippen LogP contribution in [0.2, 0.25) is 0 Å². The molecule has 27 heavy (non-hydrogen) atoms. The Hall–Kier alpha value is -2.79. The highest BCUT2D eigenvalue weighted by molar-refractivity contribution is 5.96. The third kappa shape index (κ3) is 8.42. The molecule has 0 bridgehead atoms. The van der Waals surface area contributed by atoms with Crippen LogP contribution in [0.15, 0.2) is 4.99 Å². The molecule has 0 saturated heterocycles. The predicted molar refractivity (Wildman–Crippen MR) is 97.1 cm³/mol. The Morgan fingerprint density at radius 2 is 2.11 bits per heavy atom. The number of nitrogens with zero attached hydrogens (tertiary/aromatic N) is 5. The van der Waals surface area contributed by atoms with Gasteiger partial charge in [-0.15, -0.1) is 5.10 Å². The topological polar surface area (TPSA) is 151 Å². The standard InChI is InChI=1S/C15H27FN8O3/c1-15(2,3)27-14(26)19-10(7-5-6-8-18-11(17)9-16)12(25)24(4)13-20-22-23-21-13/h10H,5-9H2,1-4H3,(H2,17,18)(H,19,26)(H,20,21,22,23). The number of anilines is 1. The number of hydrogen-bond donors (Lipinski definition) is 3. The van der Waals surface area contributed by atoms with Crippen molar-refractivity contribution >= 4 is 23.8 Å². The highest BCUT2D eigenvalue weighted by Crippen LogP contribution is 2.11. The van der Waals surface area contributed by atoms with Gasteiger partial charge in [0.15, 0.2) is 0 Å². The van der Waals surface area contributed by atoms with Gasteiger partial charge in [0.05, 0.1) is 0 Å². The van der Waals surface area contributed by atoms with Crippen molar-refractivity contribution in [2.24, 2.45) is 10.7 Å². The van der Waals surface area contributed by atoms with Gasteiger partial charge in [0.25, 0.3) is 11.9 Å². The summed E-state index contributed by atoms with van der Waals surface area (Å²) in [4.78, 5) is 29.8. The number of halogens is 1. The summed E-state index contributed by atoms with van der Waals surface area (Å²) in [5.74, 6) is -0.406. The van der Waals surface area contributed by atoms with Gasteiger partial charge in [-0.05, 0) is 45.2 Å². The molecule has 152 valence electrons. The molecule has 0 saturated carbocycles. The van der Waals surface area contributed by atoms with Gasteiger partial charge in [-0.1, -0.05) is 5.10 Å². The molecule has 0 radical (unpaired) electrons. The van der Waals surface area contributed by atoms with E-state index in [0.29, 0.717) is 25.8 Å². The summed E-state index contributed by atoms with van der Waals surface area (Å²) >= 11 is 0. The molecule has 1 aromatic heterocycles. The lowest BCUT2D eigenvalue weighted by Gasteiger charge is -2.25. The third-order valence-corrected chi connectivity index (χ3v) is 3.31. The highest BCUT2D eigenvalue weighted by atomic mass is 19.1. The van der Waals surface area contributed by atoms with Gasteiger partial charge in [-0.25, -0.2) is 9.18 Å². The average Bonchev–Trinajstić information content (AvgIpc) is 3.11. The highest BCUT2D eigenvalue weighted by Gasteiger charge is 2.28. The minimum absolute atomic E-state index is 0.0636. The number of aromatic amines is 1. The molecule has 1 rings (SSSR count). The number of nitrogens with one attached hydrogen (secondary N) is 2. The number of tetrazole rings is 1. The number of amides is 2. The number of likely N-dealkylation sites (N-methyl/N-ethyl adjacent to an activating group) is 1. The van der Waals surface area contributed by atoms with Crippen LogP contribution >= 0.6 is 0 Å². The lowest BCUT2D eigenvalue weighted by Crippen LogP contribution is -2.49. The maximum Gasteiger partial charge on any atom is 0.408 e. The number of aliphatic imine (C=N–C) groups is 1. The molecular weight excluding hydrogens is 359 g/mol. The number of rotatable bonds is 9. The number of H-pyrrole nitrogens is 1. The van der Waals surface area contributed by atoms with Gasteiger partial charge in [-0.2, -0.15) is 5.21 Å². The molecule has 2 amide bonds. The van der Waals surface area contributed by atoms with E-state index in [2.05, 4.69) is 30.9 Å². The number of unbranched alkanes of at least 4 members (excludes halogenated alkanes) is 1. The Balaban J connectivity index is 2.70. The molecule has 1 heterocycles. The first-order valence-electron chi connectivity index (χ1n) is 8.49. The minimum Gasteiger partial charge on any atom is -0.444 e. The number of aromatic nitrogens is 4. The molecular formula is C15H27FN8O3. The average molecular weight is 386 g/mol. The smallest absolute Gasteiger partial charge is 0.408 e. The van der Waals surface area contributed by atoms with E-state index in [1.165, 1.54) is 11.9 Å². The monoisotopic (exact) mass is 386 g/mol. The number of carbonyl (C=O) groups is 2. The van der Waals surface area contributed by atoms with Crippen LogP contribution in [0.1, 0.15) is 40.0 Å². The van der Waals surface area contributed by atoms with E-state index >= 15 is 0 Å². The first-order valence-corrected chi connectivity index (χ1v) is 8.49. The van der Waals surface area contributed by atoms with Gasteiger partial charge in [-0.3, -0.25) is 14.7 Å². The van der Waals surface area contributed by atoms with Crippen molar-refractivity contribution < 1.29 is 18.7 Å². The van der Waals surface area contributed by atoms with E-state index in [4.69, 9.17) is 10.5 Å². The van der Waals surface area contributed by atoms with Crippen molar-refractivity contribution in [3.8, 4) is 0 Å². The quantitative estimate of drug-likeness (QED) is 0.318. The number of ether oxygens (including phenoxy) is 1. The molecule has 0 aliphatic carbocycles. The SMILES string of the molecule is CN(C(=O)C(CCCCN=C(N)CF)NC(=O)OC(C)(C)C)c1nn[nH]n1. The summed E-state index contributed by atoms with van der Waals surface area (Å²) in [6, 6.07) is -0.856. The van der Waals surface area contributed by atoms with Gasteiger partial charge in [0.1, 0.15) is 24.2 Å². The first-order chi connectivity index (χ1) is 12.6. The second kappa shape index (κ2) is 10.4. The van der Waals surface area contributed by atoms with Crippen LogP contribution in [-0.2, 0) is 9.53 Å². The van der Waals surface area contributed by atoms with E-state index in [0.717, 1.165) is 0 Å². The van der Waals surface area contributed by atoms with Crippen LogP contribution < -0.4 is 16.0 Å². The van der Waals surface area contributed by atoms with Crippen molar-refractivity contribution in [3.63, 3.8) is 0 Å². The number of alkyl carbamates (subject to hydrolysis) is 1. The Kier molecular flexibility index (Phi) is 8.56. The largest absolute Gasteiger partial charge is 0.444 e. The van der Waals surface area contributed by atoms with E-state index in [9.17, 15) is 14.0 Å². The first kappa shape index (κ1) is 22.3. The van der Waals surface area contributed by atoms with Gasteiger partial charge >= 0.3 is 6.09 Å². The number of alkyl halides is 1. The minimum atomic E-state index is -0.856. The molecule has 0 aromatic carbocycles. The second-order valence-electron chi connectivity index (χ2n) is 6.81. The maximum absolute atomic E-state index is 12.7. The number of nitrogens with two attached hydrogens (primary N) is 1.